The van der Waals surface area contributed by atoms with Gasteiger partial charge in [-0.05, 0) is 29.3 Å². The Morgan fingerprint density at radius 2 is 2.30 bits per heavy atom. The van der Waals surface area contributed by atoms with Gasteiger partial charge in [0, 0.05) is 18.8 Å². The van der Waals surface area contributed by atoms with Crippen LogP contribution >= 0.6 is 0 Å². The summed E-state index contributed by atoms with van der Waals surface area (Å²) in [6.07, 6.45) is 3.28. The van der Waals surface area contributed by atoms with Crippen LogP contribution in [0.4, 0.5) is 0 Å². The van der Waals surface area contributed by atoms with Crippen LogP contribution in [0.15, 0.2) is 36.7 Å². The van der Waals surface area contributed by atoms with Gasteiger partial charge in [-0.1, -0.05) is 6.07 Å². The molecule has 1 aromatic heterocycles. The summed E-state index contributed by atoms with van der Waals surface area (Å²) in [7, 11) is 1.56. The molecule has 5 heteroatoms. The van der Waals surface area contributed by atoms with E-state index in [1.165, 1.54) is 0 Å². The predicted molar refractivity (Wildman–Crippen MR) is 72.0 cm³/mol. The molecule has 0 fully saturated rings. The Morgan fingerprint density at radius 1 is 1.40 bits per heavy atom. The van der Waals surface area contributed by atoms with Crippen LogP contribution in [0, 0.1) is 0 Å². The Bertz CT molecular complexity index is 600. The van der Waals surface area contributed by atoms with E-state index in [9.17, 15) is 5.11 Å². The van der Waals surface area contributed by atoms with Gasteiger partial charge < -0.3 is 19.3 Å². The highest BCUT2D eigenvalue weighted by molar-refractivity contribution is 5.55. The van der Waals surface area contributed by atoms with E-state index in [1.807, 2.05) is 12.1 Å². The topological polar surface area (TPSA) is 60.8 Å². The van der Waals surface area contributed by atoms with Crippen LogP contribution in [0.3, 0.4) is 0 Å². The molecule has 104 valence electrons. The Labute approximate surface area is 116 Å². The summed E-state index contributed by atoms with van der Waals surface area (Å²) in [5.74, 6) is 1.76. The minimum absolute atomic E-state index is 0.174. The van der Waals surface area contributed by atoms with Crippen molar-refractivity contribution in [3.05, 3.63) is 47.8 Å². The first-order valence-electron chi connectivity index (χ1n) is 6.32. The SMILES string of the molecule is COc1cc(C(O)Cc2cccnc2)cc2c1OCO2. The molecule has 20 heavy (non-hydrogen) atoms. The molecule has 1 aliphatic rings. The molecular weight excluding hydrogens is 258 g/mol. The van der Waals surface area contributed by atoms with Gasteiger partial charge in [-0.3, -0.25) is 4.98 Å². The normalized spacial score (nSPS) is 14.1. The first-order chi connectivity index (χ1) is 9.78. The van der Waals surface area contributed by atoms with Crippen molar-refractivity contribution in [2.75, 3.05) is 13.9 Å². The summed E-state index contributed by atoms with van der Waals surface area (Å²) in [5, 5.41) is 10.3. The summed E-state index contributed by atoms with van der Waals surface area (Å²) >= 11 is 0. The third-order valence-corrected chi connectivity index (χ3v) is 3.22. The van der Waals surface area contributed by atoms with Gasteiger partial charge in [0.05, 0.1) is 13.2 Å². The maximum absolute atomic E-state index is 10.3. The number of hydrogen-bond donors (Lipinski definition) is 1. The number of fused-ring (bicyclic) bond motifs is 1. The van der Waals surface area contributed by atoms with Gasteiger partial charge in [0.25, 0.3) is 0 Å². The number of benzene rings is 1. The van der Waals surface area contributed by atoms with E-state index < -0.39 is 6.10 Å². The number of pyridine rings is 1. The molecule has 5 nitrogen and oxygen atoms in total. The molecule has 1 aliphatic heterocycles. The number of aliphatic hydroxyl groups excluding tert-OH is 1. The van der Waals surface area contributed by atoms with E-state index in [0.717, 1.165) is 11.1 Å². The van der Waals surface area contributed by atoms with Crippen LogP contribution in [0.25, 0.3) is 0 Å². The Hall–Kier alpha value is -2.27. The van der Waals surface area contributed by atoms with Gasteiger partial charge in [-0.2, -0.15) is 0 Å². The lowest BCUT2D eigenvalue weighted by Crippen LogP contribution is -2.02. The standard InChI is InChI=1S/C15H15NO4/c1-18-13-6-11(7-14-15(13)20-9-19-14)12(17)5-10-3-2-4-16-8-10/h2-4,6-8,12,17H,5,9H2,1H3. The lowest BCUT2D eigenvalue weighted by molar-refractivity contribution is 0.170. The van der Waals surface area contributed by atoms with Crippen molar-refractivity contribution in [2.45, 2.75) is 12.5 Å². The molecule has 1 aromatic carbocycles. The van der Waals surface area contributed by atoms with Gasteiger partial charge in [0.15, 0.2) is 11.5 Å². The maximum Gasteiger partial charge on any atom is 0.231 e. The highest BCUT2D eigenvalue weighted by Crippen LogP contribution is 2.43. The summed E-state index contributed by atoms with van der Waals surface area (Å²) in [6.45, 7) is 0.174. The van der Waals surface area contributed by atoms with Gasteiger partial charge in [-0.15, -0.1) is 0 Å². The van der Waals surface area contributed by atoms with E-state index in [2.05, 4.69) is 4.98 Å². The Balaban J connectivity index is 1.86. The smallest absolute Gasteiger partial charge is 0.231 e. The van der Waals surface area contributed by atoms with E-state index in [0.29, 0.717) is 23.7 Å². The average Bonchev–Trinajstić information content (AvgIpc) is 2.95. The highest BCUT2D eigenvalue weighted by Gasteiger charge is 2.22. The average molecular weight is 273 g/mol. The van der Waals surface area contributed by atoms with Crippen molar-refractivity contribution in [3.63, 3.8) is 0 Å². The number of methoxy groups -OCH3 is 1. The second-order valence-electron chi connectivity index (χ2n) is 4.54. The fraction of sp³-hybridized carbons (Fsp3) is 0.267. The van der Waals surface area contributed by atoms with Crippen LogP contribution in [-0.2, 0) is 6.42 Å². The van der Waals surface area contributed by atoms with Gasteiger partial charge in [0.1, 0.15) is 0 Å². The zero-order valence-electron chi connectivity index (χ0n) is 11.1. The third kappa shape index (κ3) is 2.40. The number of hydrogen-bond acceptors (Lipinski definition) is 5. The largest absolute Gasteiger partial charge is 0.493 e. The van der Waals surface area contributed by atoms with Gasteiger partial charge >= 0.3 is 0 Å². The molecule has 0 radical (unpaired) electrons. The second kappa shape index (κ2) is 5.38. The van der Waals surface area contributed by atoms with Crippen LogP contribution in [-0.4, -0.2) is 24.0 Å². The van der Waals surface area contributed by atoms with Crippen molar-refractivity contribution in [2.24, 2.45) is 0 Å². The quantitative estimate of drug-likeness (QED) is 0.924. The van der Waals surface area contributed by atoms with E-state index in [1.54, 1.807) is 31.6 Å². The lowest BCUT2D eigenvalue weighted by Gasteiger charge is -2.13. The predicted octanol–water partition coefficient (Wildman–Crippen LogP) is 2.09. The number of nitrogens with zero attached hydrogens (tertiary/aromatic N) is 1. The molecule has 2 aromatic rings. The zero-order chi connectivity index (χ0) is 13.9. The van der Waals surface area contributed by atoms with Crippen molar-refractivity contribution >= 4 is 0 Å². The summed E-state index contributed by atoms with van der Waals surface area (Å²) < 4.78 is 16.0. The number of rotatable bonds is 4. The molecule has 0 bridgehead atoms. The molecule has 0 amide bonds. The third-order valence-electron chi connectivity index (χ3n) is 3.22. The second-order valence-corrected chi connectivity index (χ2v) is 4.54. The summed E-state index contributed by atoms with van der Waals surface area (Å²) in [4.78, 5) is 4.04. The molecule has 2 heterocycles. The first-order valence-corrected chi connectivity index (χ1v) is 6.32. The molecule has 0 saturated carbocycles. The minimum atomic E-state index is -0.650. The molecule has 1 atom stereocenters. The molecule has 0 spiro atoms. The van der Waals surface area contributed by atoms with Crippen molar-refractivity contribution < 1.29 is 19.3 Å². The van der Waals surface area contributed by atoms with Gasteiger partial charge in [0.2, 0.25) is 12.5 Å². The fourth-order valence-electron chi connectivity index (χ4n) is 2.20. The summed E-state index contributed by atoms with van der Waals surface area (Å²) in [5.41, 5.74) is 1.70. The lowest BCUT2D eigenvalue weighted by atomic mass is 10.0. The Kier molecular flexibility index (Phi) is 3.43. The van der Waals surface area contributed by atoms with Crippen LogP contribution in [0.2, 0.25) is 0 Å². The highest BCUT2D eigenvalue weighted by atomic mass is 16.7. The molecular formula is C15H15NO4. The van der Waals surface area contributed by atoms with Crippen molar-refractivity contribution in [1.82, 2.24) is 4.98 Å². The van der Waals surface area contributed by atoms with Crippen molar-refractivity contribution in [3.8, 4) is 17.2 Å². The number of aromatic nitrogens is 1. The number of ether oxygens (including phenoxy) is 3. The van der Waals surface area contributed by atoms with Crippen molar-refractivity contribution in [1.29, 1.82) is 0 Å². The van der Waals surface area contributed by atoms with E-state index in [-0.39, 0.29) is 6.79 Å². The maximum atomic E-state index is 10.3. The monoisotopic (exact) mass is 273 g/mol. The molecule has 0 aliphatic carbocycles. The zero-order valence-corrected chi connectivity index (χ0v) is 11.1. The number of aliphatic hydroxyl groups is 1. The summed E-state index contributed by atoms with van der Waals surface area (Å²) in [6, 6.07) is 7.34. The Morgan fingerprint density at radius 3 is 3.05 bits per heavy atom. The van der Waals surface area contributed by atoms with Gasteiger partial charge in [-0.25, -0.2) is 0 Å². The molecule has 1 unspecified atom stereocenters. The first kappa shape index (κ1) is 12.7. The van der Waals surface area contributed by atoms with Crippen LogP contribution in [0.5, 0.6) is 17.2 Å². The van der Waals surface area contributed by atoms with Crippen LogP contribution in [0.1, 0.15) is 17.2 Å². The fourth-order valence-corrected chi connectivity index (χ4v) is 2.20. The minimum Gasteiger partial charge on any atom is -0.493 e. The van der Waals surface area contributed by atoms with E-state index >= 15 is 0 Å². The van der Waals surface area contributed by atoms with Crippen LogP contribution < -0.4 is 14.2 Å². The molecule has 0 saturated heterocycles. The molecule has 3 rings (SSSR count). The van der Waals surface area contributed by atoms with E-state index in [4.69, 9.17) is 14.2 Å². The molecule has 1 N–H and O–H groups in total.